The molecular weight excluding hydrogens is 376 g/mol. The van der Waals surface area contributed by atoms with Crippen molar-refractivity contribution in [3.8, 4) is 0 Å². The molecule has 2 aromatic rings. The van der Waals surface area contributed by atoms with E-state index >= 15 is 0 Å². The predicted octanol–water partition coefficient (Wildman–Crippen LogP) is 3.41. The number of rotatable bonds is 6. The maximum atomic E-state index is 12.5. The first-order valence-electron chi connectivity index (χ1n) is 10.6. The Morgan fingerprint density at radius 3 is 2.40 bits per heavy atom. The highest BCUT2D eigenvalue weighted by Gasteiger charge is 2.19. The van der Waals surface area contributed by atoms with E-state index in [1.54, 1.807) is 25.3 Å². The van der Waals surface area contributed by atoms with Gasteiger partial charge in [-0.05, 0) is 60.6 Å². The van der Waals surface area contributed by atoms with Gasteiger partial charge in [0.25, 0.3) is 5.91 Å². The smallest absolute Gasteiger partial charge is 0.251 e. The van der Waals surface area contributed by atoms with Gasteiger partial charge in [-0.25, -0.2) is 4.98 Å². The number of carbonyl (C=O) groups is 2. The average Bonchev–Trinajstić information content (AvgIpc) is 3.26. The Morgan fingerprint density at radius 2 is 1.77 bits per heavy atom. The number of hydrogen-bond donors (Lipinski definition) is 2. The van der Waals surface area contributed by atoms with Crippen LogP contribution in [-0.4, -0.2) is 35.9 Å². The molecule has 2 heterocycles. The van der Waals surface area contributed by atoms with Crippen LogP contribution in [0, 0.1) is 0 Å². The summed E-state index contributed by atoms with van der Waals surface area (Å²) in [5.74, 6) is 0.492. The molecule has 1 atom stereocenters. The number of hydrogen-bond acceptors (Lipinski definition) is 4. The minimum Gasteiger partial charge on any atom is -0.357 e. The van der Waals surface area contributed by atoms with Gasteiger partial charge >= 0.3 is 0 Å². The van der Waals surface area contributed by atoms with Crippen LogP contribution in [0.3, 0.4) is 0 Å². The van der Waals surface area contributed by atoms with Crippen LogP contribution in [0.2, 0.25) is 0 Å². The standard InChI is InChI=1S/C24H32N4O2/c1-17(27-23(30)19-7-9-20(10-8-19)24(2,3)4)22(29)26-16-18-11-12-25-21(15-18)28-13-5-6-14-28/h7-12,15,17H,5-6,13-14,16H2,1-4H3,(H,26,29)(H,27,30). The number of nitrogens with zero attached hydrogens (tertiary/aromatic N) is 2. The summed E-state index contributed by atoms with van der Waals surface area (Å²) in [4.78, 5) is 31.6. The van der Waals surface area contributed by atoms with E-state index < -0.39 is 6.04 Å². The molecule has 1 saturated heterocycles. The predicted molar refractivity (Wildman–Crippen MR) is 120 cm³/mol. The van der Waals surface area contributed by atoms with Gasteiger partial charge in [-0.15, -0.1) is 0 Å². The molecule has 3 rings (SSSR count). The molecular formula is C24H32N4O2. The van der Waals surface area contributed by atoms with E-state index in [-0.39, 0.29) is 17.2 Å². The average molecular weight is 409 g/mol. The van der Waals surface area contributed by atoms with Crippen molar-refractivity contribution >= 4 is 17.6 Å². The number of nitrogens with one attached hydrogen (secondary N) is 2. The Kier molecular flexibility index (Phi) is 6.75. The number of pyridine rings is 1. The van der Waals surface area contributed by atoms with E-state index in [1.165, 1.54) is 12.8 Å². The number of amides is 2. The van der Waals surface area contributed by atoms with Gasteiger partial charge in [-0.3, -0.25) is 9.59 Å². The fourth-order valence-electron chi connectivity index (χ4n) is 3.50. The molecule has 30 heavy (non-hydrogen) atoms. The van der Waals surface area contributed by atoms with Gasteiger partial charge in [-0.1, -0.05) is 32.9 Å². The van der Waals surface area contributed by atoms with Crippen LogP contribution in [0.5, 0.6) is 0 Å². The molecule has 1 aromatic heterocycles. The summed E-state index contributed by atoms with van der Waals surface area (Å²) in [5.41, 5.74) is 2.74. The van der Waals surface area contributed by atoms with Crippen molar-refractivity contribution in [2.24, 2.45) is 0 Å². The molecule has 1 aliphatic rings. The quantitative estimate of drug-likeness (QED) is 0.768. The maximum Gasteiger partial charge on any atom is 0.251 e. The summed E-state index contributed by atoms with van der Waals surface area (Å²) in [5, 5.41) is 5.68. The lowest BCUT2D eigenvalue weighted by Crippen LogP contribution is -2.44. The Labute approximate surface area is 179 Å². The number of benzene rings is 1. The van der Waals surface area contributed by atoms with Crippen LogP contribution in [0.1, 0.15) is 62.0 Å². The third kappa shape index (κ3) is 5.59. The zero-order chi connectivity index (χ0) is 21.7. The van der Waals surface area contributed by atoms with E-state index in [0.29, 0.717) is 12.1 Å². The zero-order valence-corrected chi connectivity index (χ0v) is 18.4. The van der Waals surface area contributed by atoms with E-state index in [9.17, 15) is 9.59 Å². The van der Waals surface area contributed by atoms with Crippen LogP contribution >= 0.6 is 0 Å². The summed E-state index contributed by atoms with van der Waals surface area (Å²) in [7, 11) is 0. The van der Waals surface area contributed by atoms with Crippen molar-refractivity contribution in [1.29, 1.82) is 0 Å². The third-order valence-electron chi connectivity index (χ3n) is 5.46. The molecule has 1 aliphatic heterocycles. The van der Waals surface area contributed by atoms with Gasteiger partial charge in [-0.2, -0.15) is 0 Å². The fraction of sp³-hybridized carbons (Fsp3) is 0.458. The number of aromatic nitrogens is 1. The van der Waals surface area contributed by atoms with Crippen LogP contribution in [0.15, 0.2) is 42.6 Å². The Bertz CT molecular complexity index is 881. The Hall–Kier alpha value is -2.89. The summed E-state index contributed by atoms with van der Waals surface area (Å²) in [6.45, 7) is 10.6. The first kappa shape index (κ1) is 21.8. The Morgan fingerprint density at radius 1 is 1.10 bits per heavy atom. The molecule has 0 saturated carbocycles. The molecule has 160 valence electrons. The molecule has 1 fully saturated rings. The fourth-order valence-corrected chi connectivity index (χ4v) is 3.50. The topological polar surface area (TPSA) is 74.3 Å². The van der Waals surface area contributed by atoms with Crippen molar-refractivity contribution in [3.05, 3.63) is 59.3 Å². The molecule has 2 N–H and O–H groups in total. The molecule has 2 amide bonds. The van der Waals surface area contributed by atoms with E-state index in [1.807, 2.05) is 24.3 Å². The van der Waals surface area contributed by atoms with Gasteiger partial charge in [0.15, 0.2) is 0 Å². The van der Waals surface area contributed by atoms with Gasteiger partial charge in [0, 0.05) is 31.4 Å². The number of carbonyl (C=O) groups excluding carboxylic acids is 2. The molecule has 6 heteroatoms. The number of anilines is 1. The molecule has 0 aliphatic carbocycles. The molecule has 0 radical (unpaired) electrons. The summed E-state index contributed by atoms with van der Waals surface area (Å²) < 4.78 is 0. The molecule has 1 unspecified atom stereocenters. The minimum absolute atomic E-state index is 0.0315. The van der Waals surface area contributed by atoms with Gasteiger partial charge in [0.05, 0.1) is 0 Å². The van der Waals surface area contributed by atoms with E-state index in [0.717, 1.165) is 30.0 Å². The SMILES string of the molecule is CC(NC(=O)c1ccc(C(C)(C)C)cc1)C(=O)NCc1ccnc(N2CCCC2)c1. The van der Waals surface area contributed by atoms with Crippen molar-refractivity contribution in [1.82, 2.24) is 15.6 Å². The van der Waals surface area contributed by atoms with Gasteiger partial charge in [0.2, 0.25) is 5.91 Å². The van der Waals surface area contributed by atoms with Crippen molar-refractivity contribution in [2.75, 3.05) is 18.0 Å². The lowest BCUT2D eigenvalue weighted by Gasteiger charge is -2.19. The van der Waals surface area contributed by atoms with Crippen molar-refractivity contribution in [2.45, 2.75) is 58.5 Å². The second-order valence-electron chi connectivity index (χ2n) is 8.96. The normalized spacial score (nSPS) is 15.0. The summed E-state index contributed by atoms with van der Waals surface area (Å²) in [6, 6.07) is 10.8. The monoisotopic (exact) mass is 408 g/mol. The highest BCUT2D eigenvalue weighted by atomic mass is 16.2. The summed E-state index contributed by atoms with van der Waals surface area (Å²) >= 11 is 0. The molecule has 6 nitrogen and oxygen atoms in total. The van der Waals surface area contributed by atoms with Crippen LogP contribution in [0.25, 0.3) is 0 Å². The Balaban J connectivity index is 1.52. The minimum atomic E-state index is -0.625. The first-order chi connectivity index (χ1) is 14.2. The van der Waals surface area contributed by atoms with Gasteiger partial charge in [0.1, 0.15) is 11.9 Å². The second-order valence-corrected chi connectivity index (χ2v) is 8.96. The molecule has 0 spiro atoms. The largest absolute Gasteiger partial charge is 0.357 e. The van der Waals surface area contributed by atoms with Crippen molar-refractivity contribution < 1.29 is 9.59 Å². The highest BCUT2D eigenvalue weighted by Crippen LogP contribution is 2.22. The first-order valence-corrected chi connectivity index (χ1v) is 10.6. The molecule has 0 bridgehead atoms. The molecule has 1 aromatic carbocycles. The van der Waals surface area contributed by atoms with Crippen molar-refractivity contribution in [3.63, 3.8) is 0 Å². The highest BCUT2D eigenvalue weighted by molar-refractivity contribution is 5.97. The maximum absolute atomic E-state index is 12.5. The van der Waals surface area contributed by atoms with E-state index in [2.05, 4.69) is 41.3 Å². The lowest BCUT2D eigenvalue weighted by atomic mass is 9.86. The zero-order valence-electron chi connectivity index (χ0n) is 18.4. The van der Waals surface area contributed by atoms with Crippen LogP contribution in [0.4, 0.5) is 5.82 Å². The lowest BCUT2D eigenvalue weighted by molar-refractivity contribution is -0.122. The second kappa shape index (κ2) is 9.28. The van der Waals surface area contributed by atoms with Gasteiger partial charge < -0.3 is 15.5 Å². The summed E-state index contributed by atoms with van der Waals surface area (Å²) in [6.07, 6.45) is 4.17. The third-order valence-corrected chi connectivity index (χ3v) is 5.46. The van der Waals surface area contributed by atoms with Crippen LogP contribution in [-0.2, 0) is 16.8 Å². The van der Waals surface area contributed by atoms with E-state index in [4.69, 9.17) is 0 Å². The van der Waals surface area contributed by atoms with Crippen LogP contribution < -0.4 is 15.5 Å².